The van der Waals surface area contributed by atoms with Crippen LogP contribution in [-0.2, 0) is 4.79 Å². The summed E-state index contributed by atoms with van der Waals surface area (Å²) < 4.78 is 1.63. The van der Waals surface area contributed by atoms with Gasteiger partial charge in [0.05, 0.1) is 11.6 Å². The third-order valence-corrected chi connectivity index (χ3v) is 5.13. The first kappa shape index (κ1) is 17.5. The second kappa shape index (κ2) is 7.40. The molecule has 1 aliphatic carbocycles. The molecule has 0 spiro atoms. The summed E-state index contributed by atoms with van der Waals surface area (Å²) in [4.78, 5) is 24.8. The van der Waals surface area contributed by atoms with Crippen LogP contribution in [0.1, 0.15) is 37.7 Å². The van der Waals surface area contributed by atoms with Gasteiger partial charge >= 0.3 is 6.03 Å². The summed E-state index contributed by atoms with van der Waals surface area (Å²) in [7, 11) is 0. The van der Waals surface area contributed by atoms with E-state index in [1.165, 1.54) is 0 Å². The fourth-order valence-corrected chi connectivity index (χ4v) is 3.87. The van der Waals surface area contributed by atoms with Crippen LogP contribution in [0.5, 0.6) is 0 Å². The minimum atomic E-state index is -0.474. The molecule has 4 rings (SSSR count). The number of nitrogens with one attached hydrogen (secondary N) is 4. The van der Waals surface area contributed by atoms with Gasteiger partial charge in [0.15, 0.2) is 6.29 Å². The number of para-hydroxylation sites is 1. The van der Waals surface area contributed by atoms with Crippen molar-refractivity contribution >= 4 is 23.4 Å². The normalized spacial score (nSPS) is 24.6. The molecule has 27 heavy (non-hydrogen) atoms. The van der Waals surface area contributed by atoms with Crippen molar-refractivity contribution in [1.29, 1.82) is 0 Å². The van der Waals surface area contributed by atoms with Crippen LogP contribution < -0.4 is 21.3 Å². The third-order valence-electron chi connectivity index (χ3n) is 5.13. The topological polar surface area (TPSA) is 100 Å². The number of amides is 3. The number of anilines is 2. The van der Waals surface area contributed by atoms with E-state index < -0.39 is 6.29 Å². The fourth-order valence-electron chi connectivity index (χ4n) is 3.87. The molecule has 2 aliphatic rings. The molecule has 2 fully saturated rings. The van der Waals surface area contributed by atoms with E-state index >= 15 is 0 Å². The van der Waals surface area contributed by atoms with E-state index in [1.54, 1.807) is 10.7 Å². The standard InChI is InChI=1S/C19H24N6O2/c1-12-11-16(22-19(27)20-13-7-3-2-4-8-13)25(24-12)18-21-15-10-6-5-9-14(15)17(26)23-18/h2-4,7-8,11,14-15,18,21H,5-6,9-10H2,1H3,(H,23,26)(H2,20,22,27). The van der Waals surface area contributed by atoms with Gasteiger partial charge < -0.3 is 10.6 Å². The van der Waals surface area contributed by atoms with Gasteiger partial charge in [0, 0.05) is 17.8 Å². The van der Waals surface area contributed by atoms with E-state index in [9.17, 15) is 9.59 Å². The van der Waals surface area contributed by atoms with Gasteiger partial charge in [-0.3, -0.25) is 15.4 Å². The molecule has 1 saturated carbocycles. The molecule has 0 bridgehead atoms. The molecular weight excluding hydrogens is 344 g/mol. The Kier molecular flexibility index (Phi) is 4.81. The van der Waals surface area contributed by atoms with Gasteiger partial charge in [-0.25, -0.2) is 9.48 Å². The summed E-state index contributed by atoms with van der Waals surface area (Å²) in [6, 6.07) is 10.8. The Hall–Kier alpha value is -2.87. The average Bonchev–Trinajstić information content (AvgIpc) is 3.02. The first-order valence-electron chi connectivity index (χ1n) is 9.36. The van der Waals surface area contributed by atoms with Gasteiger partial charge in [-0.15, -0.1) is 0 Å². The number of nitrogens with zero attached hydrogens (tertiary/aromatic N) is 2. The highest BCUT2D eigenvalue weighted by molar-refractivity contribution is 5.99. The maximum absolute atomic E-state index is 12.5. The summed E-state index contributed by atoms with van der Waals surface area (Å²) in [5, 5.41) is 16.5. The molecule has 1 aromatic carbocycles. The highest BCUT2D eigenvalue weighted by Crippen LogP contribution is 2.29. The Balaban J connectivity index is 1.49. The molecule has 3 amide bonds. The number of fused-ring (bicyclic) bond motifs is 1. The van der Waals surface area contributed by atoms with Crippen molar-refractivity contribution in [1.82, 2.24) is 20.4 Å². The van der Waals surface area contributed by atoms with Crippen LogP contribution in [-0.4, -0.2) is 27.8 Å². The van der Waals surface area contributed by atoms with Crippen LogP contribution in [0.2, 0.25) is 0 Å². The summed E-state index contributed by atoms with van der Waals surface area (Å²) in [6.07, 6.45) is 3.63. The van der Waals surface area contributed by atoms with Crippen LogP contribution in [0, 0.1) is 12.8 Å². The lowest BCUT2D eigenvalue weighted by atomic mass is 9.83. The van der Waals surface area contributed by atoms with E-state index in [4.69, 9.17) is 0 Å². The number of hydrogen-bond donors (Lipinski definition) is 4. The summed E-state index contributed by atoms with van der Waals surface area (Å²) in [6.45, 7) is 1.85. The molecule has 1 aromatic heterocycles. The number of hydrogen-bond acceptors (Lipinski definition) is 4. The highest BCUT2D eigenvalue weighted by Gasteiger charge is 2.38. The van der Waals surface area contributed by atoms with E-state index in [1.807, 2.05) is 37.3 Å². The largest absolute Gasteiger partial charge is 0.324 e. The maximum Gasteiger partial charge on any atom is 0.324 e. The Morgan fingerprint density at radius 3 is 2.78 bits per heavy atom. The summed E-state index contributed by atoms with van der Waals surface area (Å²) in [5.74, 6) is 0.591. The lowest BCUT2D eigenvalue weighted by molar-refractivity contribution is -0.132. The van der Waals surface area contributed by atoms with Gasteiger partial charge in [0.2, 0.25) is 5.91 Å². The SMILES string of the molecule is Cc1cc(NC(=O)Nc2ccccc2)n(C2NC(=O)C3CCCCC3N2)n1. The second-order valence-corrected chi connectivity index (χ2v) is 7.14. The van der Waals surface area contributed by atoms with Crippen molar-refractivity contribution in [2.45, 2.75) is 44.9 Å². The van der Waals surface area contributed by atoms with Crippen molar-refractivity contribution < 1.29 is 9.59 Å². The minimum Gasteiger partial charge on any atom is -0.322 e. The highest BCUT2D eigenvalue weighted by atomic mass is 16.2. The molecule has 0 radical (unpaired) electrons. The van der Waals surface area contributed by atoms with Crippen molar-refractivity contribution in [3.63, 3.8) is 0 Å². The molecule has 3 unspecified atom stereocenters. The third kappa shape index (κ3) is 3.80. The molecule has 1 saturated heterocycles. The summed E-state index contributed by atoms with van der Waals surface area (Å²) >= 11 is 0. The zero-order valence-electron chi connectivity index (χ0n) is 15.2. The predicted octanol–water partition coefficient (Wildman–Crippen LogP) is 2.57. The van der Waals surface area contributed by atoms with Crippen LogP contribution in [0.3, 0.4) is 0 Å². The second-order valence-electron chi connectivity index (χ2n) is 7.14. The Morgan fingerprint density at radius 1 is 1.19 bits per heavy atom. The van der Waals surface area contributed by atoms with Crippen LogP contribution in [0.4, 0.5) is 16.3 Å². The molecule has 4 N–H and O–H groups in total. The number of carbonyl (C=O) groups is 2. The first-order chi connectivity index (χ1) is 13.1. The van der Waals surface area contributed by atoms with E-state index in [-0.39, 0.29) is 23.9 Å². The van der Waals surface area contributed by atoms with Gasteiger partial charge in [-0.2, -0.15) is 5.10 Å². The minimum absolute atomic E-state index is 0.0180. The molecule has 142 valence electrons. The molecule has 2 aromatic rings. The molecule has 3 atom stereocenters. The number of urea groups is 1. The fraction of sp³-hybridized carbons (Fsp3) is 0.421. The van der Waals surface area contributed by atoms with Crippen molar-refractivity contribution in [2.75, 3.05) is 10.6 Å². The zero-order valence-corrected chi connectivity index (χ0v) is 15.2. The Labute approximate surface area is 157 Å². The predicted molar refractivity (Wildman–Crippen MR) is 102 cm³/mol. The van der Waals surface area contributed by atoms with Gasteiger partial charge in [-0.1, -0.05) is 31.0 Å². The van der Waals surface area contributed by atoms with Crippen molar-refractivity contribution in [2.24, 2.45) is 5.92 Å². The average molecular weight is 368 g/mol. The van der Waals surface area contributed by atoms with E-state index in [0.29, 0.717) is 11.5 Å². The van der Waals surface area contributed by atoms with Gasteiger partial charge in [-0.05, 0) is 31.9 Å². The summed E-state index contributed by atoms with van der Waals surface area (Å²) in [5.41, 5.74) is 1.46. The number of aryl methyl sites for hydroxylation is 1. The molecule has 8 heteroatoms. The first-order valence-corrected chi connectivity index (χ1v) is 9.36. The van der Waals surface area contributed by atoms with Gasteiger partial charge in [0.1, 0.15) is 5.82 Å². The number of benzene rings is 1. The van der Waals surface area contributed by atoms with E-state index in [0.717, 1.165) is 31.4 Å². The van der Waals surface area contributed by atoms with Crippen LogP contribution in [0.25, 0.3) is 0 Å². The van der Waals surface area contributed by atoms with Crippen molar-refractivity contribution in [3.8, 4) is 0 Å². The van der Waals surface area contributed by atoms with Crippen molar-refractivity contribution in [3.05, 3.63) is 42.1 Å². The zero-order chi connectivity index (χ0) is 18.8. The monoisotopic (exact) mass is 368 g/mol. The molecule has 8 nitrogen and oxygen atoms in total. The maximum atomic E-state index is 12.5. The van der Waals surface area contributed by atoms with E-state index in [2.05, 4.69) is 26.4 Å². The molecule has 2 heterocycles. The van der Waals surface area contributed by atoms with Gasteiger partial charge in [0.25, 0.3) is 0 Å². The van der Waals surface area contributed by atoms with Crippen LogP contribution >= 0.6 is 0 Å². The number of carbonyl (C=O) groups excluding carboxylic acids is 2. The molecular formula is C19H24N6O2. The van der Waals surface area contributed by atoms with Crippen LogP contribution in [0.15, 0.2) is 36.4 Å². The molecule has 1 aliphatic heterocycles. The Bertz CT molecular complexity index is 834. The number of aromatic nitrogens is 2. The smallest absolute Gasteiger partial charge is 0.322 e. The lowest BCUT2D eigenvalue weighted by Crippen LogP contribution is -2.59. The number of rotatable bonds is 3. The Morgan fingerprint density at radius 2 is 1.96 bits per heavy atom. The lowest BCUT2D eigenvalue weighted by Gasteiger charge is -2.40. The quantitative estimate of drug-likeness (QED) is 0.669.